The van der Waals surface area contributed by atoms with Gasteiger partial charge in [-0.1, -0.05) is 23.7 Å². The second-order valence-corrected chi connectivity index (χ2v) is 5.48. The van der Waals surface area contributed by atoms with Crippen molar-refractivity contribution in [3.8, 4) is 5.75 Å². The summed E-state index contributed by atoms with van der Waals surface area (Å²) in [7, 11) is 0. The molecular formula is C14H12ClIO. The molecule has 2 rings (SSSR count). The maximum atomic E-state index is 5.96. The molecule has 0 aromatic heterocycles. The van der Waals surface area contributed by atoms with Gasteiger partial charge in [-0.15, -0.1) is 0 Å². The average Bonchev–Trinajstić information content (AvgIpc) is 2.33. The van der Waals surface area contributed by atoms with Crippen LogP contribution in [0.25, 0.3) is 0 Å². The van der Waals surface area contributed by atoms with Gasteiger partial charge < -0.3 is 4.74 Å². The molecule has 0 saturated heterocycles. The van der Waals surface area contributed by atoms with Crippen LogP contribution in [0.3, 0.4) is 0 Å². The summed E-state index contributed by atoms with van der Waals surface area (Å²) in [4.78, 5) is 0. The number of rotatable bonds is 3. The number of ether oxygens (including phenoxy) is 1. The Hall–Kier alpha value is -0.740. The van der Waals surface area contributed by atoms with Crippen LogP contribution in [0.1, 0.15) is 11.1 Å². The Bertz CT molecular complexity index is 508. The summed E-state index contributed by atoms with van der Waals surface area (Å²) in [5.41, 5.74) is 2.20. The van der Waals surface area contributed by atoms with Gasteiger partial charge in [0.05, 0.1) is 0 Å². The van der Waals surface area contributed by atoms with Gasteiger partial charge in [0.15, 0.2) is 0 Å². The summed E-state index contributed by atoms with van der Waals surface area (Å²) in [6.45, 7) is 2.55. The number of hydrogen-bond acceptors (Lipinski definition) is 1. The maximum absolute atomic E-state index is 5.96. The van der Waals surface area contributed by atoms with Crippen molar-refractivity contribution in [2.45, 2.75) is 13.5 Å². The number of aryl methyl sites for hydroxylation is 1. The molecule has 88 valence electrons. The first-order valence-electron chi connectivity index (χ1n) is 5.28. The van der Waals surface area contributed by atoms with Gasteiger partial charge in [-0.3, -0.25) is 0 Å². The molecule has 0 unspecified atom stereocenters. The third-order valence-electron chi connectivity index (χ3n) is 2.45. The molecule has 0 N–H and O–H groups in total. The minimum atomic E-state index is 0.581. The van der Waals surface area contributed by atoms with Crippen molar-refractivity contribution in [2.75, 3.05) is 0 Å². The molecule has 1 nitrogen and oxygen atoms in total. The molecule has 0 aliphatic carbocycles. The largest absolute Gasteiger partial charge is 0.489 e. The Morgan fingerprint density at radius 1 is 1.12 bits per heavy atom. The van der Waals surface area contributed by atoms with Crippen LogP contribution in [0.4, 0.5) is 0 Å². The zero-order valence-electron chi connectivity index (χ0n) is 9.41. The van der Waals surface area contributed by atoms with E-state index in [0.29, 0.717) is 6.61 Å². The Balaban J connectivity index is 2.02. The zero-order valence-corrected chi connectivity index (χ0v) is 12.3. The molecule has 17 heavy (non-hydrogen) atoms. The minimum Gasteiger partial charge on any atom is -0.489 e. The highest BCUT2D eigenvalue weighted by atomic mass is 127. The van der Waals surface area contributed by atoms with Gasteiger partial charge in [-0.2, -0.15) is 0 Å². The Labute approximate surface area is 120 Å². The summed E-state index contributed by atoms with van der Waals surface area (Å²) in [6.07, 6.45) is 0. The van der Waals surface area contributed by atoms with Crippen LogP contribution in [0.2, 0.25) is 5.02 Å². The molecule has 0 fully saturated rings. The molecule has 0 spiro atoms. The van der Waals surface area contributed by atoms with E-state index in [1.807, 2.05) is 25.1 Å². The van der Waals surface area contributed by atoms with Crippen LogP contribution >= 0.6 is 34.2 Å². The lowest BCUT2D eigenvalue weighted by Gasteiger charge is -2.07. The van der Waals surface area contributed by atoms with E-state index in [0.717, 1.165) is 21.9 Å². The van der Waals surface area contributed by atoms with Crippen LogP contribution in [0.5, 0.6) is 5.75 Å². The van der Waals surface area contributed by atoms with Crippen molar-refractivity contribution in [1.29, 1.82) is 0 Å². The number of hydrogen-bond donors (Lipinski definition) is 0. The van der Waals surface area contributed by atoms with Crippen molar-refractivity contribution in [1.82, 2.24) is 0 Å². The van der Waals surface area contributed by atoms with Gasteiger partial charge in [-0.05, 0) is 71.0 Å². The lowest BCUT2D eigenvalue weighted by Crippen LogP contribution is -1.95. The molecule has 0 aliphatic heterocycles. The first kappa shape index (κ1) is 12.7. The Morgan fingerprint density at radius 2 is 1.82 bits per heavy atom. The van der Waals surface area contributed by atoms with Gasteiger partial charge in [0, 0.05) is 8.59 Å². The van der Waals surface area contributed by atoms with Gasteiger partial charge in [0.1, 0.15) is 12.4 Å². The van der Waals surface area contributed by atoms with Gasteiger partial charge >= 0.3 is 0 Å². The summed E-state index contributed by atoms with van der Waals surface area (Å²) < 4.78 is 6.94. The molecule has 2 aromatic carbocycles. The summed E-state index contributed by atoms with van der Waals surface area (Å²) in [5.74, 6) is 0.852. The number of benzene rings is 2. The fraction of sp³-hybridized carbons (Fsp3) is 0.143. The van der Waals surface area contributed by atoms with E-state index in [9.17, 15) is 0 Å². The smallest absolute Gasteiger partial charge is 0.120 e. The summed E-state index contributed by atoms with van der Waals surface area (Å²) in [5, 5.41) is 0.770. The highest BCUT2D eigenvalue weighted by Crippen LogP contribution is 2.21. The minimum absolute atomic E-state index is 0.581. The second kappa shape index (κ2) is 5.74. The molecule has 3 heteroatoms. The molecule has 0 atom stereocenters. The molecule has 0 aliphatic rings. The van der Waals surface area contributed by atoms with Crippen molar-refractivity contribution < 1.29 is 4.74 Å². The van der Waals surface area contributed by atoms with Gasteiger partial charge in [-0.25, -0.2) is 0 Å². The van der Waals surface area contributed by atoms with E-state index in [1.165, 1.54) is 3.57 Å². The van der Waals surface area contributed by atoms with Crippen LogP contribution < -0.4 is 4.74 Å². The summed E-state index contributed by atoms with van der Waals surface area (Å²) in [6, 6.07) is 14.0. The van der Waals surface area contributed by atoms with Crippen LogP contribution in [0, 0.1) is 10.5 Å². The molecule has 0 amide bonds. The third-order valence-corrected chi connectivity index (χ3v) is 3.59. The predicted octanol–water partition coefficient (Wildman–Crippen LogP) is 4.83. The van der Waals surface area contributed by atoms with E-state index in [2.05, 4.69) is 46.9 Å². The third kappa shape index (κ3) is 3.61. The van der Waals surface area contributed by atoms with Crippen molar-refractivity contribution >= 4 is 34.2 Å². The number of halogens is 2. The lowest BCUT2D eigenvalue weighted by atomic mass is 10.2. The molecular weight excluding hydrogens is 347 g/mol. The van der Waals surface area contributed by atoms with Crippen LogP contribution in [-0.2, 0) is 6.61 Å². The standard InChI is InChI=1S/C14H12ClIO/c1-10-8-13(6-7-14(10)15)17-9-11-2-4-12(16)5-3-11/h2-8H,9H2,1H3. The first-order chi connectivity index (χ1) is 8.15. The fourth-order valence-corrected chi connectivity index (χ4v) is 1.93. The van der Waals surface area contributed by atoms with Crippen LogP contribution in [-0.4, -0.2) is 0 Å². The van der Waals surface area contributed by atoms with E-state index in [1.54, 1.807) is 0 Å². The SMILES string of the molecule is Cc1cc(OCc2ccc(I)cc2)ccc1Cl. The van der Waals surface area contributed by atoms with Gasteiger partial charge in [0.2, 0.25) is 0 Å². The molecule has 0 heterocycles. The second-order valence-electron chi connectivity index (χ2n) is 3.83. The first-order valence-corrected chi connectivity index (χ1v) is 6.74. The zero-order chi connectivity index (χ0) is 12.3. The molecule has 0 bridgehead atoms. The summed E-state index contributed by atoms with van der Waals surface area (Å²) >= 11 is 8.25. The van der Waals surface area contributed by atoms with E-state index in [4.69, 9.17) is 16.3 Å². The Kier molecular flexibility index (Phi) is 4.29. The molecule has 2 aromatic rings. The van der Waals surface area contributed by atoms with Gasteiger partial charge in [0.25, 0.3) is 0 Å². The monoisotopic (exact) mass is 358 g/mol. The van der Waals surface area contributed by atoms with Crippen molar-refractivity contribution in [3.63, 3.8) is 0 Å². The highest BCUT2D eigenvalue weighted by Gasteiger charge is 1.99. The van der Waals surface area contributed by atoms with Crippen LogP contribution in [0.15, 0.2) is 42.5 Å². The fourth-order valence-electron chi connectivity index (χ4n) is 1.45. The maximum Gasteiger partial charge on any atom is 0.120 e. The lowest BCUT2D eigenvalue weighted by molar-refractivity contribution is 0.306. The van der Waals surface area contributed by atoms with Crippen molar-refractivity contribution in [2.24, 2.45) is 0 Å². The average molecular weight is 359 g/mol. The normalized spacial score (nSPS) is 10.3. The molecule has 0 saturated carbocycles. The predicted molar refractivity (Wildman–Crippen MR) is 79.7 cm³/mol. The van der Waals surface area contributed by atoms with E-state index in [-0.39, 0.29) is 0 Å². The van der Waals surface area contributed by atoms with Crippen molar-refractivity contribution in [3.05, 3.63) is 62.2 Å². The van der Waals surface area contributed by atoms with E-state index < -0.39 is 0 Å². The Morgan fingerprint density at radius 3 is 2.47 bits per heavy atom. The highest BCUT2D eigenvalue weighted by molar-refractivity contribution is 14.1. The molecule has 0 radical (unpaired) electrons. The van der Waals surface area contributed by atoms with E-state index >= 15 is 0 Å². The topological polar surface area (TPSA) is 9.23 Å². The quantitative estimate of drug-likeness (QED) is 0.714.